The van der Waals surface area contributed by atoms with Gasteiger partial charge in [0, 0.05) is 29.5 Å². The smallest absolute Gasteiger partial charge is 0.191 e. The molecule has 0 atom stereocenters. The number of fused-ring (bicyclic) bond motifs is 1. The van der Waals surface area contributed by atoms with Crippen LogP contribution in [0.15, 0.2) is 66.7 Å². The van der Waals surface area contributed by atoms with E-state index >= 15 is 0 Å². The zero-order chi connectivity index (χ0) is 13.1. The first-order valence-electron chi connectivity index (χ1n) is 6.83. The van der Waals surface area contributed by atoms with Crippen molar-refractivity contribution >= 4 is 10.9 Å². The lowest BCUT2D eigenvalue weighted by Crippen LogP contribution is -2.39. The van der Waals surface area contributed by atoms with Crippen LogP contribution in [-0.4, -0.2) is 0 Å². The average Bonchev–Trinajstić information content (AvgIpc) is 2.49. The second kappa shape index (κ2) is 5.23. The third-order valence-electron chi connectivity index (χ3n) is 3.58. The Morgan fingerprint density at radius 1 is 0.789 bits per heavy atom. The molecule has 3 rings (SSSR count). The lowest BCUT2D eigenvalue weighted by molar-refractivity contribution is -0.669. The zero-order valence-corrected chi connectivity index (χ0v) is 11.2. The molecule has 0 aliphatic heterocycles. The molecular formula is C18H18N+. The first-order chi connectivity index (χ1) is 9.38. The topological polar surface area (TPSA) is 3.88 Å². The number of benzene rings is 2. The standard InChI is InChI=1S/C18H18N/c1-2-17-13-12-16-10-6-7-11-18(16)19(17)14-15-8-4-3-5-9-15/h3-13H,2,14H2,1H3/q+1. The highest BCUT2D eigenvalue weighted by atomic mass is 15.0. The molecule has 0 amide bonds. The van der Waals surface area contributed by atoms with Crippen LogP contribution in [-0.2, 0) is 13.0 Å². The van der Waals surface area contributed by atoms with Gasteiger partial charge in [0.25, 0.3) is 0 Å². The van der Waals surface area contributed by atoms with Crippen LogP contribution in [0.25, 0.3) is 10.9 Å². The summed E-state index contributed by atoms with van der Waals surface area (Å²) < 4.78 is 2.42. The summed E-state index contributed by atoms with van der Waals surface area (Å²) in [5.74, 6) is 0. The summed E-state index contributed by atoms with van der Waals surface area (Å²) in [6.45, 7) is 3.15. The van der Waals surface area contributed by atoms with Crippen LogP contribution in [0.4, 0.5) is 0 Å². The van der Waals surface area contributed by atoms with Crippen LogP contribution in [0.5, 0.6) is 0 Å². The van der Waals surface area contributed by atoms with Gasteiger partial charge >= 0.3 is 0 Å². The van der Waals surface area contributed by atoms with Crippen LogP contribution in [0.1, 0.15) is 18.2 Å². The molecule has 1 heteroatoms. The van der Waals surface area contributed by atoms with Crippen molar-refractivity contribution in [3.8, 4) is 0 Å². The van der Waals surface area contributed by atoms with Gasteiger partial charge in [-0.15, -0.1) is 0 Å². The molecule has 0 saturated carbocycles. The van der Waals surface area contributed by atoms with Crippen LogP contribution in [0.2, 0.25) is 0 Å². The second-order valence-corrected chi connectivity index (χ2v) is 4.81. The Hall–Kier alpha value is -2.15. The number of nitrogens with zero attached hydrogens (tertiary/aromatic N) is 1. The quantitative estimate of drug-likeness (QED) is 0.622. The fourth-order valence-electron chi connectivity index (χ4n) is 2.57. The Labute approximate surface area is 114 Å². The maximum Gasteiger partial charge on any atom is 0.212 e. The van der Waals surface area contributed by atoms with Gasteiger partial charge in [-0.05, 0) is 12.1 Å². The van der Waals surface area contributed by atoms with Gasteiger partial charge in [0.05, 0.1) is 0 Å². The SMILES string of the molecule is CCc1ccc2ccccc2[n+]1Cc1ccccc1. The molecule has 0 aliphatic carbocycles. The maximum absolute atomic E-state index is 2.42. The molecule has 0 saturated heterocycles. The van der Waals surface area contributed by atoms with Crippen molar-refractivity contribution in [1.82, 2.24) is 0 Å². The molecule has 0 bridgehead atoms. The normalized spacial score (nSPS) is 10.8. The van der Waals surface area contributed by atoms with Crippen molar-refractivity contribution in [2.75, 3.05) is 0 Å². The third-order valence-corrected chi connectivity index (χ3v) is 3.58. The van der Waals surface area contributed by atoms with E-state index in [4.69, 9.17) is 0 Å². The molecule has 0 unspecified atom stereocenters. The van der Waals surface area contributed by atoms with E-state index in [9.17, 15) is 0 Å². The molecular weight excluding hydrogens is 230 g/mol. The Kier molecular flexibility index (Phi) is 3.28. The van der Waals surface area contributed by atoms with Crippen LogP contribution >= 0.6 is 0 Å². The molecule has 0 N–H and O–H groups in total. The Morgan fingerprint density at radius 2 is 1.53 bits per heavy atom. The van der Waals surface area contributed by atoms with Crippen molar-refractivity contribution < 1.29 is 4.57 Å². The van der Waals surface area contributed by atoms with Crippen molar-refractivity contribution in [3.63, 3.8) is 0 Å². The highest BCUT2D eigenvalue weighted by molar-refractivity contribution is 5.75. The zero-order valence-electron chi connectivity index (χ0n) is 11.2. The minimum absolute atomic E-state index is 0.936. The lowest BCUT2D eigenvalue weighted by Gasteiger charge is -2.06. The molecule has 0 spiro atoms. The third kappa shape index (κ3) is 2.37. The van der Waals surface area contributed by atoms with Crippen molar-refractivity contribution in [2.45, 2.75) is 19.9 Å². The van der Waals surface area contributed by atoms with Gasteiger partial charge in [0.15, 0.2) is 12.2 Å². The number of hydrogen-bond donors (Lipinski definition) is 0. The largest absolute Gasteiger partial charge is 0.212 e. The van der Waals surface area contributed by atoms with Gasteiger partial charge < -0.3 is 0 Å². The number of pyridine rings is 1. The van der Waals surface area contributed by atoms with E-state index in [0.29, 0.717) is 0 Å². The van der Waals surface area contributed by atoms with Crippen LogP contribution in [0, 0.1) is 0 Å². The molecule has 2 aromatic carbocycles. The summed E-state index contributed by atoms with van der Waals surface area (Å²) in [5.41, 5.74) is 4.03. The number of rotatable bonds is 3. The summed E-state index contributed by atoms with van der Waals surface area (Å²) in [7, 11) is 0. The molecule has 1 aromatic heterocycles. The van der Waals surface area contributed by atoms with Crippen molar-refractivity contribution in [1.29, 1.82) is 0 Å². The van der Waals surface area contributed by atoms with E-state index in [0.717, 1.165) is 13.0 Å². The van der Waals surface area contributed by atoms with E-state index < -0.39 is 0 Å². The molecule has 1 heterocycles. The Balaban J connectivity index is 2.15. The summed E-state index contributed by atoms with van der Waals surface area (Å²) >= 11 is 0. The predicted molar refractivity (Wildman–Crippen MR) is 79.1 cm³/mol. The van der Waals surface area contributed by atoms with Gasteiger partial charge in [-0.3, -0.25) is 0 Å². The summed E-state index contributed by atoms with van der Waals surface area (Å²) in [6, 6.07) is 23.7. The monoisotopic (exact) mass is 248 g/mol. The molecule has 94 valence electrons. The molecule has 0 radical (unpaired) electrons. The Bertz CT molecular complexity index is 686. The predicted octanol–water partition coefficient (Wildman–Crippen LogP) is 3.74. The molecule has 3 aromatic rings. The van der Waals surface area contributed by atoms with E-state index in [2.05, 4.69) is 78.2 Å². The van der Waals surface area contributed by atoms with Gasteiger partial charge in [-0.2, -0.15) is 4.57 Å². The highest BCUT2D eigenvalue weighted by Crippen LogP contribution is 2.12. The number of hydrogen-bond acceptors (Lipinski definition) is 0. The van der Waals surface area contributed by atoms with Crippen molar-refractivity contribution in [3.05, 3.63) is 78.0 Å². The van der Waals surface area contributed by atoms with E-state index in [1.807, 2.05) is 0 Å². The van der Waals surface area contributed by atoms with Crippen LogP contribution in [0.3, 0.4) is 0 Å². The number of aryl methyl sites for hydroxylation is 1. The molecule has 0 aliphatic rings. The maximum atomic E-state index is 2.42. The summed E-state index contributed by atoms with van der Waals surface area (Å²) in [4.78, 5) is 0. The van der Waals surface area contributed by atoms with Gasteiger partial charge in [0.2, 0.25) is 5.52 Å². The minimum atomic E-state index is 0.936. The fourth-order valence-corrected chi connectivity index (χ4v) is 2.57. The first kappa shape index (κ1) is 11.9. The van der Waals surface area contributed by atoms with Crippen LogP contribution < -0.4 is 4.57 Å². The first-order valence-corrected chi connectivity index (χ1v) is 6.83. The van der Waals surface area contributed by atoms with Gasteiger partial charge in [-0.1, -0.05) is 49.4 Å². The van der Waals surface area contributed by atoms with Gasteiger partial charge in [-0.25, -0.2) is 0 Å². The van der Waals surface area contributed by atoms with E-state index in [1.54, 1.807) is 0 Å². The van der Waals surface area contributed by atoms with E-state index in [1.165, 1.54) is 22.2 Å². The summed E-state index contributed by atoms with van der Waals surface area (Å²) in [6.07, 6.45) is 1.05. The summed E-state index contributed by atoms with van der Waals surface area (Å²) in [5, 5.41) is 1.30. The minimum Gasteiger partial charge on any atom is -0.191 e. The molecule has 19 heavy (non-hydrogen) atoms. The highest BCUT2D eigenvalue weighted by Gasteiger charge is 2.14. The number of para-hydroxylation sites is 1. The second-order valence-electron chi connectivity index (χ2n) is 4.81. The van der Waals surface area contributed by atoms with Gasteiger partial charge in [0.1, 0.15) is 0 Å². The fraction of sp³-hybridized carbons (Fsp3) is 0.167. The van der Waals surface area contributed by atoms with E-state index in [-0.39, 0.29) is 0 Å². The lowest BCUT2D eigenvalue weighted by atomic mass is 10.1. The number of aromatic nitrogens is 1. The average molecular weight is 248 g/mol. The van der Waals surface area contributed by atoms with Crippen molar-refractivity contribution in [2.24, 2.45) is 0 Å². The Morgan fingerprint density at radius 3 is 2.32 bits per heavy atom. The molecule has 0 fully saturated rings. The molecule has 1 nitrogen and oxygen atoms in total.